The van der Waals surface area contributed by atoms with Gasteiger partial charge in [0.25, 0.3) is 0 Å². The molecule has 0 bridgehead atoms. The fraction of sp³-hybridized carbons (Fsp3) is 0.882. The standard InChI is InChI=1S/C17H34/c1-6-10-14-17(9-4,13-7-2)15-11-12-16(5)8-3/h5-15H2,1-4H3. The average Bonchev–Trinajstić information content (AvgIpc) is 2.35. The van der Waals surface area contributed by atoms with Gasteiger partial charge < -0.3 is 0 Å². The van der Waals surface area contributed by atoms with E-state index in [0.29, 0.717) is 5.41 Å². The Labute approximate surface area is 110 Å². The summed E-state index contributed by atoms with van der Waals surface area (Å²) in [6.45, 7) is 13.4. The zero-order valence-corrected chi connectivity index (χ0v) is 12.8. The summed E-state index contributed by atoms with van der Waals surface area (Å²) in [5.74, 6) is 0. The molecule has 0 aliphatic rings. The van der Waals surface area contributed by atoms with E-state index in [-0.39, 0.29) is 0 Å². The van der Waals surface area contributed by atoms with E-state index in [9.17, 15) is 0 Å². The second kappa shape index (κ2) is 9.74. The van der Waals surface area contributed by atoms with Gasteiger partial charge in [-0.25, -0.2) is 0 Å². The first-order valence-corrected chi connectivity index (χ1v) is 7.80. The van der Waals surface area contributed by atoms with Crippen molar-refractivity contribution < 1.29 is 0 Å². The smallest absolute Gasteiger partial charge is 0.0300 e. The second-order valence-electron chi connectivity index (χ2n) is 5.66. The third-order valence-corrected chi connectivity index (χ3v) is 4.33. The van der Waals surface area contributed by atoms with Crippen molar-refractivity contribution in [3.05, 3.63) is 12.2 Å². The van der Waals surface area contributed by atoms with E-state index < -0.39 is 0 Å². The minimum absolute atomic E-state index is 0.638. The van der Waals surface area contributed by atoms with E-state index in [1.165, 1.54) is 63.4 Å². The van der Waals surface area contributed by atoms with Crippen LogP contribution in [0.5, 0.6) is 0 Å². The first-order valence-electron chi connectivity index (χ1n) is 7.80. The summed E-state index contributed by atoms with van der Waals surface area (Å²) >= 11 is 0. The predicted octanol–water partition coefficient (Wildman–Crippen LogP) is 6.51. The summed E-state index contributed by atoms with van der Waals surface area (Å²) in [5.41, 5.74) is 2.07. The van der Waals surface area contributed by atoms with Crippen molar-refractivity contribution in [2.75, 3.05) is 0 Å². The van der Waals surface area contributed by atoms with Crippen LogP contribution in [0.2, 0.25) is 0 Å². The second-order valence-corrected chi connectivity index (χ2v) is 5.66. The monoisotopic (exact) mass is 238 g/mol. The summed E-state index contributed by atoms with van der Waals surface area (Å²) in [6, 6.07) is 0. The van der Waals surface area contributed by atoms with Crippen molar-refractivity contribution in [2.45, 2.75) is 91.9 Å². The van der Waals surface area contributed by atoms with Gasteiger partial charge >= 0.3 is 0 Å². The van der Waals surface area contributed by atoms with Crippen LogP contribution in [-0.4, -0.2) is 0 Å². The van der Waals surface area contributed by atoms with E-state index in [2.05, 4.69) is 34.3 Å². The molecule has 102 valence electrons. The van der Waals surface area contributed by atoms with Crippen LogP contribution in [0.1, 0.15) is 91.9 Å². The lowest BCUT2D eigenvalue weighted by Crippen LogP contribution is -2.19. The van der Waals surface area contributed by atoms with Crippen LogP contribution in [-0.2, 0) is 0 Å². The van der Waals surface area contributed by atoms with Gasteiger partial charge in [-0.3, -0.25) is 0 Å². The zero-order valence-electron chi connectivity index (χ0n) is 12.8. The summed E-state index contributed by atoms with van der Waals surface area (Å²) < 4.78 is 0. The number of hydrogen-bond acceptors (Lipinski definition) is 0. The van der Waals surface area contributed by atoms with Gasteiger partial charge in [0.1, 0.15) is 0 Å². The SMILES string of the molecule is C=C(CC)CCCC(CC)(CCC)CCCC. The van der Waals surface area contributed by atoms with Crippen LogP contribution >= 0.6 is 0 Å². The lowest BCUT2D eigenvalue weighted by molar-refractivity contribution is 0.195. The van der Waals surface area contributed by atoms with E-state index in [1.54, 1.807) is 0 Å². The van der Waals surface area contributed by atoms with Crippen LogP contribution in [0.4, 0.5) is 0 Å². The summed E-state index contributed by atoms with van der Waals surface area (Å²) in [4.78, 5) is 0. The molecule has 1 atom stereocenters. The van der Waals surface area contributed by atoms with Gasteiger partial charge in [-0.15, -0.1) is 0 Å². The van der Waals surface area contributed by atoms with E-state index in [4.69, 9.17) is 0 Å². The first-order chi connectivity index (χ1) is 8.14. The Morgan fingerprint density at radius 2 is 1.53 bits per heavy atom. The normalized spacial score (nSPS) is 14.6. The van der Waals surface area contributed by atoms with Crippen molar-refractivity contribution in [1.82, 2.24) is 0 Å². The van der Waals surface area contributed by atoms with Crippen molar-refractivity contribution in [2.24, 2.45) is 5.41 Å². The van der Waals surface area contributed by atoms with E-state index >= 15 is 0 Å². The van der Waals surface area contributed by atoms with Gasteiger partial charge in [0.2, 0.25) is 0 Å². The molecule has 0 amide bonds. The molecule has 0 aromatic carbocycles. The highest BCUT2D eigenvalue weighted by molar-refractivity contribution is 4.92. The van der Waals surface area contributed by atoms with Crippen molar-refractivity contribution in [3.8, 4) is 0 Å². The zero-order chi connectivity index (χ0) is 13.1. The van der Waals surface area contributed by atoms with Crippen molar-refractivity contribution in [3.63, 3.8) is 0 Å². The van der Waals surface area contributed by atoms with Gasteiger partial charge in [0.15, 0.2) is 0 Å². The Morgan fingerprint density at radius 3 is 2.00 bits per heavy atom. The lowest BCUT2D eigenvalue weighted by atomic mass is 9.72. The Kier molecular flexibility index (Phi) is 9.59. The van der Waals surface area contributed by atoms with Crippen LogP contribution in [0, 0.1) is 5.41 Å². The topological polar surface area (TPSA) is 0 Å². The van der Waals surface area contributed by atoms with E-state index in [1.807, 2.05) is 0 Å². The molecule has 1 unspecified atom stereocenters. The fourth-order valence-corrected chi connectivity index (χ4v) is 2.88. The highest BCUT2D eigenvalue weighted by atomic mass is 14.3. The van der Waals surface area contributed by atoms with Gasteiger partial charge in [-0.2, -0.15) is 0 Å². The number of allylic oxidation sites excluding steroid dienone is 1. The predicted molar refractivity (Wildman–Crippen MR) is 80.4 cm³/mol. The number of unbranched alkanes of at least 4 members (excludes halogenated alkanes) is 1. The molecule has 0 aliphatic carbocycles. The van der Waals surface area contributed by atoms with Gasteiger partial charge in [-0.1, -0.05) is 65.5 Å². The van der Waals surface area contributed by atoms with E-state index in [0.717, 1.165) is 6.42 Å². The molecule has 0 aliphatic heterocycles. The van der Waals surface area contributed by atoms with Gasteiger partial charge in [0, 0.05) is 0 Å². The molecular formula is C17H34. The lowest BCUT2D eigenvalue weighted by Gasteiger charge is -2.33. The molecule has 0 nitrogen and oxygen atoms in total. The Hall–Kier alpha value is -0.260. The largest absolute Gasteiger partial charge is 0.0999 e. The fourth-order valence-electron chi connectivity index (χ4n) is 2.88. The summed E-state index contributed by atoms with van der Waals surface area (Å²) in [5, 5.41) is 0. The highest BCUT2D eigenvalue weighted by Gasteiger charge is 2.25. The maximum atomic E-state index is 4.13. The Morgan fingerprint density at radius 1 is 0.882 bits per heavy atom. The third kappa shape index (κ3) is 6.91. The van der Waals surface area contributed by atoms with Crippen molar-refractivity contribution >= 4 is 0 Å². The molecule has 17 heavy (non-hydrogen) atoms. The maximum absolute atomic E-state index is 4.13. The van der Waals surface area contributed by atoms with Crippen LogP contribution < -0.4 is 0 Å². The molecule has 0 fully saturated rings. The Balaban J connectivity index is 4.19. The molecule has 0 saturated carbocycles. The van der Waals surface area contributed by atoms with Crippen LogP contribution in [0.15, 0.2) is 12.2 Å². The summed E-state index contributed by atoms with van der Waals surface area (Å²) in [7, 11) is 0. The first kappa shape index (κ1) is 16.7. The molecule has 0 rings (SSSR count). The third-order valence-electron chi connectivity index (χ3n) is 4.33. The number of rotatable bonds is 11. The molecular weight excluding hydrogens is 204 g/mol. The van der Waals surface area contributed by atoms with Crippen molar-refractivity contribution in [1.29, 1.82) is 0 Å². The molecule has 0 aromatic rings. The maximum Gasteiger partial charge on any atom is -0.0300 e. The minimum atomic E-state index is 0.638. The van der Waals surface area contributed by atoms with Gasteiger partial charge in [-0.05, 0) is 43.9 Å². The molecule has 0 aromatic heterocycles. The molecule has 0 heterocycles. The van der Waals surface area contributed by atoms with Gasteiger partial charge in [0.05, 0.1) is 0 Å². The summed E-state index contributed by atoms with van der Waals surface area (Å²) in [6.07, 6.45) is 13.5. The molecule has 0 spiro atoms. The quantitative estimate of drug-likeness (QED) is 0.360. The molecule has 0 saturated heterocycles. The number of hydrogen-bond donors (Lipinski definition) is 0. The Bertz CT molecular complexity index is 192. The molecule has 0 N–H and O–H groups in total. The average molecular weight is 238 g/mol. The van der Waals surface area contributed by atoms with Crippen LogP contribution in [0.25, 0.3) is 0 Å². The van der Waals surface area contributed by atoms with Crippen LogP contribution in [0.3, 0.4) is 0 Å². The minimum Gasteiger partial charge on any atom is -0.0999 e. The molecule has 0 heteroatoms. The molecule has 0 radical (unpaired) electrons. The highest BCUT2D eigenvalue weighted by Crippen LogP contribution is 2.39.